The highest BCUT2D eigenvalue weighted by Gasteiger charge is 2.12. The van der Waals surface area contributed by atoms with Crippen molar-refractivity contribution in [2.45, 2.75) is 12.5 Å². The highest BCUT2D eigenvalue weighted by molar-refractivity contribution is 9.11. The molecule has 2 rings (SSSR count). The minimum absolute atomic E-state index is 0.338. The predicted octanol–water partition coefficient (Wildman–Crippen LogP) is 4.67. The molecule has 1 unspecified atom stereocenters. The Morgan fingerprint density at radius 1 is 1.35 bits per heavy atom. The molecular formula is C13H13BrClNS. The van der Waals surface area contributed by atoms with Crippen molar-refractivity contribution in [3.63, 3.8) is 0 Å². The van der Waals surface area contributed by atoms with E-state index in [9.17, 15) is 0 Å². The number of likely N-dealkylation sites (N-methyl/N-ethyl adjacent to an activating group) is 1. The van der Waals surface area contributed by atoms with Gasteiger partial charge in [0, 0.05) is 15.9 Å². The average molecular weight is 331 g/mol. The van der Waals surface area contributed by atoms with Crippen LogP contribution in [-0.4, -0.2) is 7.05 Å². The Labute approximate surface area is 119 Å². The third-order valence-electron chi connectivity index (χ3n) is 2.61. The Morgan fingerprint density at radius 2 is 2.18 bits per heavy atom. The van der Waals surface area contributed by atoms with Crippen molar-refractivity contribution in [2.24, 2.45) is 0 Å². The third kappa shape index (κ3) is 3.55. The average Bonchev–Trinajstić information content (AvgIpc) is 2.73. The van der Waals surface area contributed by atoms with Crippen molar-refractivity contribution in [1.82, 2.24) is 5.32 Å². The fourth-order valence-corrected chi connectivity index (χ4v) is 3.51. The van der Waals surface area contributed by atoms with E-state index in [0.717, 1.165) is 11.4 Å². The lowest BCUT2D eigenvalue weighted by Gasteiger charge is -2.14. The lowest BCUT2D eigenvalue weighted by atomic mass is 10.1. The topological polar surface area (TPSA) is 12.0 Å². The number of nitrogens with one attached hydrogen (secondary N) is 1. The maximum atomic E-state index is 6.00. The molecule has 0 spiro atoms. The van der Waals surface area contributed by atoms with Crippen LogP contribution in [-0.2, 0) is 6.42 Å². The van der Waals surface area contributed by atoms with Crippen LogP contribution >= 0.6 is 38.9 Å². The predicted molar refractivity (Wildman–Crippen MR) is 79.0 cm³/mol. The molecule has 0 aliphatic carbocycles. The van der Waals surface area contributed by atoms with Gasteiger partial charge in [0.15, 0.2) is 0 Å². The molecule has 0 aliphatic rings. The van der Waals surface area contributed by atoms with Crippen LogP contribution in [0.4, 0.5) is 0 Å². The van der Waals surface area contributed by atoms with Crippen LogP contribution in [0.2, 0.25) is 5.02 Å². The monoisotopic (exact) mass is 329 g/mol. The summed E-state index contributed by atoms with van der Waals surface area (Å²) in [6.45, 7) is 0. The summed E-state index contributed by atoms with van der Waals surface area (Å²) in [4.78, 5) is 1.33. The summed E-state index contributed by atoms with van der Waals surface area (Å²) in [6.07, 6.45) is 0.948. The van der Waals surface area contributed by atoms with Gasteiger partial charge < -0.3 is 5.32 Å². The quantitative estimate of drug-likeness (QED) is 0.859. The van der Waals surface area contributed by atoms with Gasteiger partial charge in [-0.2, -0.15) is 0 Å². The summed E-state index contributed by atoms with van der Waals surface area (Å²) >= 11 is 11.3. The van der Waals surface area contributed by atoms with Crippen LogP contribution in [0.25, 0.3) is 0 Å². The number of hydrogen-bond donors (Lipinski definition) is 1. The standard InChI is InChI=1S/C13H13BrClNS/c1-16-11(12-5-6-13(14)17-12)8-9-3-2-4-10(15)7-9/h2-7,11,16H,8H2,1H3. The molecule has 17 heavy (non-hydrogen) atoms. The largest absolute Gasteiger partial charge is 0.312 e. The second-order valence-corrected chi connectivity index (χ2v) is 6.75. The van der Waals surface area contributed by atoms with Gasteiger partial charge >= 0.3 is 0 Å². The Kier molecular flexibility index (Phi) is 4.62. The normalized spacial score (nSPS) is 12.6. The van der Waals surface area contributed by atoms with Crippen LogP contribution in [0.5, 0.6) is 0 Å². The zero-order valence-electron chi connectivity index (χ0n) is 9.41. The fraction of sp³-hybridized carbons (Fsp3) is 0.231. The smallest absolute Gasteiger partial charge is 0.0701 e. The number of hydrogen-bond acceptors (Lipinski definition) is 2. The van der Waals surface area contributed by atoms with Gasteiger partial charge in [-0.1, -0.05) is 23.7 Å². The van der Waals surface area contributed by atoms with Crippen LogP contribution in [0.1, 0.15) is 16.5 Å². The molecule has 4 heteroatoms. The highest BCUT2D eigenvalue weighted by atomic mass is 79.9. The zero-order chi connectivity index (χ0) is 12.3. The minimum Gasteiger partial charge on any atom is -0.312 e. The van der Waals surface area contributed by atoms with E-state index in [1.54, 1.807) is 11.3 Å². The molecule has 90 valence electrons. The molecular weight excluding hydrogens is 318 g/mol. The first-order chi connectivity index (χ1) is 8.19. The molecule has 0 bridgehead atoms. The Morgan fingerprint density at radius 3 is 2.76 bits per heavy atom. The summed E-state index contributed by atoms with van der Waals surface area (Å²) < 4.78 is 1.17. The van der Waals surface area contributed by atoms with Crippen LogP contribution in [0.15, 0.2) is 40.2 Å². The first-order valence-corrected chi connectivity index (χ1v) is 7.34. The summed E-state index contributed by atoms with van der Waals surface area (Å²) in [6, 6.07) is 12.6. The van der Waals surface area contributed by atoms with E-state index >= 15 is 0 Å². The van der Waals surface area contributed by atoms with Crippen LogP contribution in [0, 0.1) is 0 Å². The van der Waals surface area contributed by atoms with E-state index in [0.29, 0.717) is 6.04 Å². The second kappa shape index (κ2) is 6.01. The maximum absolute atomic E-state index is 6.00. The molecule has 1 heterocycles. The number of rotatable bonds is 4. The van der Waals surface area contributed by atoms with E-state index in [1.165, 1.54) is 14.2 Å². The zero-order valence-corrected chi connectivity index (χ0v) is 12.6. The minimum atomic E-state index is 0.338. The second-order valence-electron chi connectivity index (χ2n) is 3.82. The van der Waals surface area contributed by atoms with Crippen molar-refractivity contribution in [1.29, 1.82) is 0 Å². The van der Waals surface area contributed by atoms with E-state index in [1.807, 2.05) is 25.2 Å². The molecule has 1 nitrogen and oxygen atoms in total. The first-order valence-electron chi connectivity index (χ1n) is 5.36. The van der Waals surface area contributed by atoms with Crippen molar-refractivity contribution < 1.29 is 0 Å². The summed E-state index contributed by atoms with van der Waals surface area (Å²) in [5, 5.41) is 4.14. The van der Waals surface area contributed by atoms with Gasteiger partial charge in [0.1, 0.15) is 0 Å². The van der Waals surface area contributed by atoms with Crippen molar-refractivity contribution in [3.05, 3.63) is 55.6 Å². The molecule has 2 aromatic rings. The fourth-order valence-electron chi connectivity index (χ4n) is 1.76. The molecule has 0 amide bonds. The summed E-state index contributed by atoms with van der Waals surface area (Å²) in [5.41, 5.74) is 1.25. The van der Waals surface area contributed by atoms with Gasteiger partial charge in [-0.15, -0.1) is 11.3 Å². The van der Waals surface area contributed by atoms with Gasteiger partial charge in [0.25, 0.3) is 0 Å². The van der Waals surface area contributed by atoms with E-state index in [-0.39, 0.29) is 0 Å². The maximum Gasteiger partial charge on any atom is 0.0701 e. The highest BCUT2D eigenvalue weighted by Crippen LogP contribution is 2.29. The molecule has 0 aliphatic heterocycles. The molecule has 0 radical (unpaired) electrons. The van der Waals surface area contributed by atoms with Crippen molar-refractivity contribution in [2.75, 3.05) is 7.05 Å². The SMILES string of the molecule is CNC(Cc1cccc(Cl)c1)c1ccc(Br)s1. The molecule has 0 saturated heterocycles. The van der Waals surface area contributed by atoms with Gasteiger partial charge in [0.05, 0.1) is 3.79 Å². The Bertz CT molecular complexity index is 498. The lowest BCUT2D eigenvalue weighted by Crippen LogP contribution is -2.17. The molecule has 1 aromatic heterocycles. The van der Waals surface area contributed by atoms with Gasteiger partial charge in [-0.3, -0.25) is 0 Å². The summed E-state index contributed by atoms with van der Waals surface area (Å²) in [5.74, 6) is 0. The van der Waals surface area contributed by atoms with Gasteiger partial charge in [0.2, 0.25) is 0 Å². The van der Waals surface area contributed by atoms with Crippen molar-refractivity contribution in [3.8, 4) is 0 Å². The van der Waals surface area contributed by atoms with Gasteiger partial charge in [-0.25, -0.2) is 0 Å². The summed E-state index contributed by atoms with van der Waals surface area (Å²) in [7, 11) is 1.99. The Hall–Kier alpha value is -0.350. The van der Waals surface area contributed by atoms with E-state index in [4.69, 9.17) is 11.6 Å². The number of halogens is 2. The van der Waals surface area contributed by atoms with E-state index in [2.05, 4.69) is 39.4 Å². The number of thiophene rings is 1. The Balaban J connectivity index is 2.15. The lowest BCUT2D eigenvalue weighted by molar-refractivity contribution is 0.602. The first kappa shape index (κ1) is 13.1. The van der Waals surface area contributed by atoms with Crippen LogP contribution in [0.3, 0.4) is 0 Å². The van der Waals surface area contributed by atoms with Crippen molar-refractivity contribution >= 4 is 38.9 Å². The van der Waals surface area contributed by atoms with Gasteiger partial charge in [-0.05, 0) is 59.2 Å². The molecule has 1 atom stereocenters. The molecule has 1 aromatic carbocycles. The van der Waals surface area contributed by atoms with E-state index < -0.39 is 0 Å². The molecule has 0 saturated carbocycles. The van der Waals surface area contributed by atoms with Crippen LogP contribution < -0.4 is 5.32 Å². The molecule has 0 fully saturated rings. The number of benzene rings is 1. The third-order valence-corrected chi connectivity index (χ3v) is 4.59. The molecule has 1 N–H and O–H groups in total.